The minimum absolute atomic E-state index is 0.0668. The van der Waals surface area contributed by atoms with Crippen molar-refractivity contribution in [2.24, 2.45) is 0 Å². The second-order valence-electron chi connectivity index (χ2n) is 5.45. The molecule has 4 heteroatoms. The van der Waals surface area contributed by atoms with E-state index < -0.39 is 0 Å². The van der Waals surface area contributed by atoms with Crippen LogP contribution in [0.15, 0.2) is 47.8 Å². The topological polar surface area (TPSA) is 38.3 Å². The Bertz CT molecular complexity index is 838. The van der Waals surface area contributed by atoms with Crippen LogP contribution in [0, 0.1) is 6.92 Å². The highest BCUT2D eigenvalue weighted by molar-refractivity contribution is 7.17. The van der Waals surface area contributed by atoms with Crippen LogP contribution in [0.25, 0.3) is 10.1 Å². The number of nitrogens with one attached hydrogen (secondary N) is 1. The number of benzene rings is 2. The summed E-state index contributed by atoms with van der Waals surface area (Å²) in [4.78, 5) is 12.3. The fourth-order valence-electron chi connectivity index (χ4n) is 2.60. The summed E-state index contributed by atoms with van der Waals surface area (Å²) < 4.78 is 6.56. The molecular weight excluding hydrogens is 306 g/mol. The average molecular weight is 325 g/mol. The molecule has 0 saturated heterocycles. The first-order valence-corrected chi connectivity index (χ1v) is 8.45. The zero-order valence-corrected chi connectivity index (χ0v) is 14.1. The summed E-state index contributed by atoms with van der Waals surface area (Å²) in [6.45, 7) is 2.58. The molecule has 3 nitrogen and oxygen atoms in total. The van der Waals surface area contributed by atoms with Gasteiger partial charge in [-0.25, -0.2) is 0 Å². The normalized spacial score (nSPS) is 10.7. The highest BCUT2D eigenvalue weighted by Crippen LogP contribution is 2.25. The molecule has 1 heterocycles. The van der Waals surface area contributed by atoms with Gasteiger partial charge >= 0.3 is 0 Å². The molecule has 0 aliphatic heterocycles. The molecule has 2 aromatic carbocycles. The van der Waals surface area contributed by atoms with E-state index in [0.29, 0.717) is 12.1 Å². The van der Waals surface area contributed by atoms with Gasteiger partial charge in [0.25, 0.3) is 5.91 Å². The van der Waals surface area contributed by atoms with Gasteiger partial charge in [0, 0.05) is 16.8 Å². The highest BCUT2D eigenvalue weighted by atomic mass is 32.1. The number of amides is 1. The standard InChI is InChI=1S/C19H19NO2S/c1-13-7-8-14(11-17(13)22-2)19(21)20-10-9-15-12-23-18-6-4-3-5-16(15)18/h3-8,11-12H,9-10H2,1-2H3,(H,20,21). The molecule has 0 fully saturated rings. The van der Waals surface area contributed by atoms with Crippen LogP contribution in [-0.4, -0.2) is 19.6 Å². The molecule has 0 atom stereocenters. The Morgan fingerprint density at radius 3 is 2.87 bits per heavy atom. The summed E-state index contributed by atoms with van der Waals surface area (Å²) in [6.07, 6.45) is 0.832. The number of ether oxygens (including phenoxy) is 1. The molecule has 3 aromatic rings. The smallest absolute Gasteiger partial charge is 0.251 e. The lowest BCUT2D eigenvalue weighted by Gasteiger charge is -2.08. The number of fused-ring (bicyclic) bond motifs is 1. The van der Waals surface area contributed by atoms with Crippen LogP contribution in [0.3, 0.4) is 0 Å². The van der Waals surface area contributed by atoms with Crippen LogP contribution in [0.4, 0.5) is 0 Å². The molecule has 0 aliphatic rings. The molecule has 1 aromatic heterocycles. The lowest BCUT2D eigenvalue weighted by Crippen LogP contribution is -2.25. The van der Waals surface area contributed by atoms with E-state index in [1.54, 1.807) is 24.5 Å². The maximum Gasteiger partial charge on any atom is 0.251 e. The molecule has 23 heavy (non-hydrogen) atoms. The van der Waals surface area contributed by atoms with Crippen LogP contribution >= 0.6 is 11.3 Å². The minimum atomic E-state index is -0.0668. The Labute approximate surface area is 139 Å². The van der Waals surface area contributed by atoms with Gasteiger partial charge in [-0.05, 0) is 53.4 Å². The second kappa shape index (κ2) is 6.84. The zero-order valence-electron chi connectivity index (χ0n) is 13.3. The van der Waals surface area contributed by atoms with E-state index in [1.807, 2.05) is 19.1 Å². The van der Waals surface area contributed by atoms with Crippen LogP contribution in [-0.2, 0) is 6.42 Å². The Kier molecular flexibility index (Phi) is 4.63. The van der Waals surface area contributed by atoms with Gasteiger partial charge in [-0.15, -0.1) is 11.3 Å². The second-order valence-corrected chi connectivity index (χ2v) is 6.36. The molecule has 0 saturated carbocycles. The van der Waals surface area contributed by atoms with Gasteiger partial charge in [0.1, 0.15) is 5.75 Å². The van der Waals surface area contributed by atoms with Crippen molar-refractivity contribution in [2.45, 2.75) is 13.3 Å². The SMILES string of the molecule is COc1cc(C(=O)NCCc2csc3ccccc23)ccc1C. The third-order valence-corrected chi connectivity index (χ3v) is 4.92. The maximum absolute atomic E-state index is 12.3. The lowest BCUT2D eigenvalue weighted by atomic mass is 10.1. The molecular formula is C19H19NO2S. The van der Waals surface area contributed by atoms with Gasteiger partial charge in [-0.3, -0.25) is 4.79 Å². The molecule has 0 unspecified atom stereocenters. The van der Waals surface area contributed by atoms with E-state index in [1.165, 1.54) is 15.6 Å². The Morgan fingerprint density at radius 1 is 1.22 bits per heavy atom. The molecule has 0 spiro atoms. The molecule has 1 N–H and O–H groups in total. The van der Waals surface area contributed by atoms with Crippen LogP contribution in [0.5, 0.6) is 5.75 Å². The Morgan fingerprint density at radius 2 is 2.04 bits per heavy atom. The maximum atomic E-state index is 12.3. The van der Waals surface area contributed by atoms with E-state index in [2.05, 4.69) is 35.0 Å². The van der Waals surface area contributed by atoms with Crippen molar-refractivity contribution in [1.29, 1.82) is 0 Å². The number of hydrogen-bond donors (Lipinski definition) is 1. The Hall–Kier alpha value is -2.33. The van der Waals surface area contributed by atoms with Gasteiger partial charge in [-0.2, -0.15) is 0 Å². The zero-order chi connectivity index (χ0) is 16.2. The number of carbonyl (C=O) groups excluding carboxylic acids is 1. The van der Waals surface area contributed by atoms with Crippen molar-refractivity contribution in [1.82, 2.24) is 5.32 Å². The number of carbonyl (C=O) groups is 1. The van der Waals surface area contributed by atoms with Crippen molar-refractivity contribution >= 4 is 27.3 Å². The average Bonchev–Trinajstić information content (AvgIpc) is 2.98. The molecule has 0 aliphatic carbocycles. The third-order valence-electron chi connectivity index (χ3n) is 3.91. The van der Waals surface area contributed by atoms with Crippen molar-refractivity contribution in [3.63, 3.8) is 0 Å². The molecule has 0 radical (unpaired) electrons. The van der Waals surface area contributed by atoms with Gasteiger partial charge in [0.2, 0.25) is 0 Å². The summed E-state index contributed by atoms with van der Waals surface area (Å²) in [5, 5.41) is 6.44. The first-order chi connectivity index (χ1) is 11.2. The minimum Gasteiger partial charge on any atom is -0.496 e. The quantitative estimate of drug-likeness (QED) is 0.764. The van der Waals surface area contributed by atoms with E-state index in [9.17, 15) is 4.79 Å². The van der Waals surface area contributed by atoms with Crippen molar-refractivity contribution < 1.29 is 9.53 Å². The highest BCUT2D eigenvalue weighted by Gasteiger charge is 2.09. The van der Waals surface area contributed by atoms with Gasteiger partial charge < -0.3 is 10.1 Å². The molecule has 3 rings (SSSR count). The van der Waals surface area contributed by atoms with Gasteiger partial charge in [-0.1, -0.05) is 24.3 Å². The molecule has 0 bridgehead atoms. The predicted octanol–water partition coefficient (Wildman–Crippen LogP) is 4.19. The lowest BCUT2D eigenvalue weighted by molar-refractivity contribution is 0.0954. The molecule has 1 amide bonds. The summed E-state index contributed by atoms with van der Waals surface area (Å²) in [5.41, 5.74) is 2.93. The summed E-state index contributed by atoms with van der Waals surface area (Å²) in [5.74, 6) is 0.671. The van der Waals surface area contributed by atoms with E-state index in [-0.39, 0.29) is 5.91 Å². The number of methoxy groups -OCH3 is 1. The third kappa shape index (κ3) is 3.37. The van der Waals surface area contributed by atoms with Gasteiger partial charge in [0.15, 0.2) is 0 Å². The molecule has 118 valence electrons. The fourth-order valence-corrected chi connectivity index (χ4v) is 3.60. The van der Waals surface area contributed by atoms with Gasteiger partial charge in [0.05, 0.1) is 7.11 Å². The van der Waals surface area contributed by atoms with Crippen LogP contribution in [0.2, 0.25) is 0 Å². The summed E-state index contributed by atoms with van der Waals surface area (Å²) in [7, 11) is 1.62. The summed E-state index contributed by atoms with van der Waals surface area (Å²) in [6, 6.07) is 13.9. The van der Waals surface area contributed by atoms with E-state index in [0.717, 1.165) is 17.7 Å². The first kappa shape index (κ1) is 15.6. The Balaban J connectivity index is 1.63. The van der Waals surface area contributed by atoms with Crippen LogP contribution < -0.4 is 10.1 Å². The fraction of sp³-hybridized carbons (Fsp3) is 0.211. The van der Waals surface area contributed by atoms with E-state index in [4.69, 9.17) is 4.74 Å². The van der Waals surface area contributed by atoms with Crippen molar-refractivity contribution in [3.8, 4) is 5.75 Å². The number of aryl methyl sites for hydroxylation is 1. The number of rotatable bonds is 5. The van der Waals surface area contributed by atoms with E-state index >= 15 is 0 Å². The van der Waals surface area contributed by atoms with Crippen molar-refractivity contribution in [3.05, 3.63) is 64.5 Å². The summed E-state index contributed by atoms with van der Waals surface area (Å²) >= 11 is 1.75. The van der Waals surface area contributed by atoms with Crippen molar-refractivity contribution in [2.75, 3.05) is 13.7 Å². The monoisotopic (exact) mass is 325 g/mol. The predicted molar refractivity (Wildman–Crippen MR) is 95.6 cm³/mol. The number of hydrogen-bond acceptors (Lipinski definition) is 3. The largest absolute Gasteiger partial charge is 0.496 e. The van der Waals surface area contributed by atoms with Crippen LogP contribution in [0.1, 0.15) is 21.5 Å². The first-order valence-electron chi connectivity index (χ1n) is 7.57. The number of thiophene rings is 1.